The first-order chi connectivity index (χ1) is 13.1. The molecule has 1 amide bonds. The van der Waals surface area contributed by atoms with Gasteiger partial charge in [0.15, 0.2) is 0 Å². The molecule has 0 saturated carbocycles. The molecular weight excluding hydrogens is 342 g/mol. The van der Waals surface area contributed by atoms with Crippen LogP contribution >= 0.6 is 0 Å². The molecule has 1 heterocycles. The number of methoxy groups -OCH3 is 3. The molecule has 0 N–H and O–H groups in total. The van der Waals surface area contributed by atoms with Crippen molar-refractivity contribution in [3.8, 4) is 17.2 Å². The van der Waals surface area contributed by atoms with Crippen LogP contribution in [-0.2, 0) is 4.79 Å². The van der Waals surface area contributed by atoms with Crippen LogP contribution < -0.4 is 14.2 Å². The lowest BCUT2D eigenvalue weighted by atomic mass is 10.0. The zero-order valence-electron chi connectivity index (χ0n) is 16.0. The SMILES string of the molecule is COc1ccc(C2CCCN2C(=O)/C=C/c2cc(OC)cc(OC)c2)cc1. The van der Waals surface area contributed by atoms with E-state index in [1.54, 1.807) is 39.5 Å². The molecule has 1 aliphatic rings. The first kappa shape index (κ1) is 18.8. The highest BCUT2D eigenvalue weighted by Crippen LogP contribution is 2.33. The highest BCUT2D eigenvalue weighted by molar-refractivity contribution is 5.92. The number of hydrogen-bond donors (Lipinski definition) is 0. The molecule has 27 heavy (non-hydrogen) atoms. The molecule has 1 unspecified atom stereocenters. The lowest BCUT2D eigenvalue weighted by Gasteiger charge is -2.24. The summed E-state index contributed by atoms with van der Waals surface area (Å²) in [5, 5.41) is 0. The first-order valence-corrected chi connectivity index (χ1v) is 9.00. The van der Waals surface area contributed by atoms with Crippen molar-refractivity contribution in [3.05, 3.63) is 59.7 Å². The normalized spacial score (nSPS) is 16.6. The van der Waals surface area contributed by atoms with Crippen LogP contribution in [0.15, 0.2) is 48.5 Å². The number of hydrogen-bond acceptors (Lipinski definition) is 4. The van der Waals surface area contributed by atoms with E-state index in [-0.39, 0.29) is 11.9 Å². The van der Waals surface area contributed by atoms with Gasteiger partial charge < -0.3 is 19.1 Å². The van der Waals surface area contributed by atoms with Crippen molar-refractivity contribution >= 4 is 12.0 Å². The lowest BCUT2D eigenvalue weighted by Crippen LogP contribution is -2.28. The standard InChI is InChI=1S/C22H25NO4/c1-25-18-9-7-17(8-10-18)21-5-4-12-23(21)22(24)11-6-16-13-19(26-2)15-20(14-16)27-3/h6-11,13-15,21H,4-5,12H2,1-3H3/b11-6+. The molecule has 1 atom stereocenters. The Morgan fingerprint density at radius 2 is 1.59 bits per heavy atom. The number of nitrogens with zero attached hydrogens (tertiary/aromatic N) is 1. The Morgan fingerprint density at radius 3 is 2.19 bits per heavy atom. The Bertz CT molecular complexity index is 791. The van der Waals surface area contributed by atoms with Crippen molar-refractivity contribution < 1.29 is 19.0 Å². The van der Waals surface area contributed by atoms with Crippen LogP contribution in [0.5, 0.6) is 17.2 Å². The zero-order chi connectivity index (χ0) is 19.2. The maximum Gasteiger partial charge on any atom is 0.247 e. The van der Waals surface area contributed by atoms with Gasteiger partial charge in [-0.25, -0.2) is 0 Å². The summed E-state index contributed by atoms with van der Waals surface area (Å²) >= 11 is 0. The van der Waals surface area contributed by atoms with E-state index < -0.39 is 0 Å². The summed E-state index contributed by atoms with van der Waals surface area (Å²) in [6.07, 6.45) is 5.40. The van der Waals surface area contributed by atoms with Crippen molar-refractivity contribution in [2.45, 2.75) is 18.9 Å². The van der Waals surface area contributed by atoms with Crippen molar-refractivity contribution in [3.63, 3.8) is 0 Å². The molecule has 0 aromatic heterocycles. The molecule has 0 spiro atoms. The third-order valence-corrected chi connectivity index (χ3v) is 4.83. The Balaban J connectivity index is 1.75. The molecule has 0 aliphatic carbocycles. The van der Waals surface area contributed by atoms with Crippen LogP contribution in [0.25, 0.3) is 6.08 Å². The molecule has 1 aliphatic heterocycles. The summed E-state index contributed by atoms with van der Waals surface area (Å²) in [7, 11) is 4.87. The molecule has 2 aromatic rings. The number of likely N-dealkylation sites (tertiary alicyclic amines) is 1. The molecular formula is C22H25NO4. The number of benzene rings is 2. The molecule has 5 heteroatoms. The van der Waals surface area contributed by atoms with Crippen molar-refractivity contribution in [2.24, 2.45) is 0 Å². The van der Waals surface area contributed by atoms with Crippen LogP contribution in [0.2, 0.25) is 0 Å². The van der Waals surface area contributed by atoms with Gasteiger partial charge in [-0.1, -0.05) is 12.1 Å². The second kappa shape index (κ2) is 8.62. The summed E-state index contributed by atoms with van der Waals surface area (Å²) in [5.41, 5.74) is 2.00. The summed E-state index contributed by atoms with van der Waals surface area (Å²) in [5.74, 6) is 2.22. The molecule has 5 nitrogen and oxygen atoms in total. The van der Waals surface area contributed by atoms with Gasteiger partial charge in [-0.2, -0.15) is 0 Å². The molecule has 0 radical (unpaired) electrons. The van der Waals surface area contributed by atoms with Gasteiger partial charge in [-0.05, 0) is 54.3 Å². The molecule has 0 bridgehead atoms. The largest absolute Gasteiger partial charge is 0.497 e. The number of ether oxygens (including phenoxy) is 3. The summed E-state index contributed by atoms with van der Waals surface area (Å²) in [6.45, 7) is 0.765. The van der Waals surface area contributed by atoms with Gasteiger partial charge in [0.2, 0.25) is 5.91 Å². The van der Waals surface area contributed by atoms with Crippen LogP contribution in [0.4, 0.5) is 0 Å². The summed E-state index contributed by atoms with van der Waals surface area (Å²) in [6, 6.07) is 13.6. The second-order valence-corrected chi connectivity index (χ2v) is 6.44. The average molecular weight is 367 g/mol. The van der Waals surface area contributed by atoms with E-state index in [2.05, 4.69) is 0 Å². The van der Waals surface area contributed by atoms with Crippen molar-refractivity contribution in [2.75, 3.05) is 27.9 Å². The number of rotatable bonds is 6. The quantitative estimate of drug-likeness (QED) is 0.722. The second-order valence-electron chi connectivity index (χ2n) is 6.44. The van der Waals surface area contributed by atoms with Crippen LogP contribution in [-0.4, -0.2) is 38.7 Å². The molecule has 1 saturated heterocycles. The van der Waals surface area contributed by atoms with E-state index in [0.717, 1.165) is 36.3 Å². The van der Waals surface area contributed by atoms with Crippen LogP contribution in [0.3, 0.4) is 0 Å². The van der Waals surface area contributed by atoms with Gasteiger partial charge in [0.05, 0.1) is 27.4 Å². The minimum absolute atomic E-state index is 0.00936. The van der Waals surface area contributed by atoms with Crippen LogP contribution in [0, 0.1) is 0 Å². The average Bonchev–Trinajstić information content (AvgIpc) is 3.21. The van der Waals surface area contributed by atoms with E-state index >= 15 is 0 Å². The van der Waals surface area contributed by atoms with E-state index in [1.807, 2.05) is 41.3 Å². The number of amides is 1. The van der Waals surface area contributed by atoms with Gasteiger partial charge in [0.25, 0.3) is 0 Å². The minimum atomic E-state index is 0.00936. The van der Waals surface area contributed by atoms with E-state index in [0.29, 0.717) is 11.5 Å². The monoisotopic (exact) mass is 367 g/mol. The minimum Gasteiger partial charge on any atom is -0.497 e. The maximum absolute atomic E-state index is 12.8. The van der Waals surface area contributed by atoms with Crippen molar-refractivity contribution in [1.82, 2.24) is 4.90 Å². The molecule has 1 fully saturated rings. The Morgan fingerprint density at radius 1 is 0.963 bits per heavy atom. The van der Waals surface area contributed by atoms with Gasteiger partial charge in [0, 0.05) is 18.7 Å². The van der Waals surface area contributed by atoms with E-state index in [1.165, 1.54) is 0 Å². The van der Waals surface area contributed by atoms with Crippen molar-refractivity contribution in [1.29, 1.82) is 0 Å². The highest BCUT2D eigenvalue weighted by Gasteiger charge is 2.28. The molecule has 2 aromatic carbocycles. The topological polar surface area (TPSA) is 48.0 Å². The number of carbonyl (C=O) groups is 1. The zero-order valence-corrected chi connectivity index (χ0v) is 16.0. The summed E-state index contributed by atoms with van der Waals surface area (Å²) in [4.78, 5) is 14.7. The van der Waals surface area contributed by atoms with Gasteiger partial charge in [-0.15, -0.1) is 0 Å². The van der Waals surface area contributed by atoms with Gasteiger partial charge in [-0.3, -0.25) is 4.79 Å². The predicted molar refractivity (Wildman–Crippen MR) is 105 cm³/mol. The maximum atomic E-state index is 12.8. The fourth-order valence-electron chi connectivity index (χ4n) is 3.39. The fraction of sp³-hybridized carbons (Fsp3) is 0.318. The Labute approximate surface area is 160 Å². The highest BCUT2D eigenvalue weighted by atomic mass is 16.5. The molecule has 142 valence electrons. The van der Waals surface area contributed by atoms with Crippen LogP contribution in [0.1, 0.15) is 30.0 Å². The smallest absolute Gasteiger partial charge is 0.247 e. The van der Waals surface area contributed by atoms with E-state index in [4.69, 9.17) is 14.2 Å². The number of carbonyl (C=O) groups excluding carboxylic acids is 1. The van der Waals surface area contributed by atoms with Gasteiger partial charge in [0.1, 0.15) is 17.2 Å². The molecule has 3 rings (SSSR count). The third kappa shape index (κ3) is 4.42. The first-order valence-electron chi connectivity index (χ1n) is 9.00. The fourth-order valence-corrected chi connectivity index (χ4v) is 3.39. The third-order valence-electron chi connectivity index (χ3n) is 4.83. The van der Waals surface area contributed by atoms with Gasteiger partial charge >= 0.3 is 0 Å². The van der Waals surface area contributed by atoms with E-state index in [9.17, 15) is 4.79 Å². The predicted octanol–water partition coefficient (Wildman–Crippen LogP) is 4.09. The summed E-state index contributed by atoms with van der Waals surface area (Å²) < 4.78 is 15.8. The Kier molecular flexibility index (Phi) is 6.01. The Hall–Kier alpha value is -2.95. The lowest BCUT2D eigenvalue weighted by molar-refractivity contribution is -0.126.